The van der Waals surface area contributed by atoms with E-state index in [0.717, 1.165) is 7.11 Å². The Hall–Kier alpha value is -2.35. The molecule has 24 heavy (non-hydrogen) atoms. The third-order valence-corrected chi connectivity index (χ3v) is 3.62. The van der Waals surface area contributed by atoms with Gasteiger partial charge in [-0.05, 0) is 39.3 Å². The fourth-order valence-corrected chi connectivity index (χ4v) is 2.57. The van der Waals surface area contributed by atoms with E-state index in [-0.39, 0.29) is 12.2 Å². The van der Waals surface area contributed by atoms with E-state index >= 15 is 0 Å². The van der Waals surface area contributed by atoms with Crippen LogP contribution in [0, 0.1) is 5.92 Å². The molecule has 0 spiro atoms. The quantitative estimate of drug-likeness (QED) is 0.834. The van der Waals surface area contributed by atoms with Crippen molar-refractivity contribution in [2.24, 2.45) is 5.92 Å². The molecule has 0 bridgehead atoms. The van der Waals surface area contributed by atoms with Crippen LogP contribution in [0.3, 0.4) is 0 Å². The van der Waals surface area contributed by atoms with Gasteiger partial charge in [-0.3, -0.25) is 4.79 Å². The van der Waals surface area contributed by atoms with Crippen molar-refractivity contribution in [3.63, 3.8) is 0 Å². The monoisotopic (exact) mass is 339 g/mol. The fourth-order valence-electron chi connectivity index (χ4n) is 2.57. The van der Waals surface area contributed by atoms with Crippen LogP contribution in [0.2, 0.25) is 0 Å². The van der Waals surface area contributed by atoms with Crippen molar-refractivity contribution in [2.45, 2.75) is 44.9 Å². The third-order valence-electron chi connectivity index (χ3n) is 3.62. The molecule has 1 unspecified atom stereocenters. The Balaban J connectivity index is 2.28. The largest absolute Gasteiger partial charge is 0.467 e. The number of aliphatic hydroxyl groups excluding tert-OH is 1. The number of methoxy groups -OCH3 is 1. The van der Waals surface area contributed by atoms with Gasteiger partial charge in [-0.15, -0.1) is 0 Å². The minimum Gasteiger partial charge on any atom is -0.467 e. The number of nitrogens with zero attached hydrogens (tertiary/aromatic N) is 1. The van der Waals surface area contributed by atoms with Crippen LogP contribution >= 0.6 is 0 Å². The molecule has 0 aromatic carbocycles. The maximum atomic E-state index is 12.6. The van der Waals surface area contributed by atoms with Crippen molar-refractivity contribution in [1.82, 2.24) is 4.90 Å². The summed E-state index contributed by atoms with van der Waals surface area (Å²) in [5.41, 5.74) is -0.838. The molecule has 1 aliphatic heterocycles. The molecule has 1 N–H and O–H groups in total. The summed E-state index contributed by atoms with van der Waals surface area (Å²) in [5.74, 6) is -2.28. The fraction of sp³-hybridized carbons (Fsp3) is 0.562. The van der Waals surface area contributed by atoms with Crippen molar-refractivity contribution in [2.75, 3.05) is 7.11 Å². The Morgan fingerprint density at radius 2 is 2.08 bits per heavy atom. The Morgan fingerprint density at radius 3 is 2.58 bits per heavy atom. The highest BCUT2D eigenvalue weighted by molar-refractivity contribution is 6.01. The summed E-state index contributed by atoms with van der Waals surface area (Å²) in [7, 11) is 1.16. The zero-order chi connectivity index (χ0) is 18.1. The highest BCUT2D eigenvalue weighted by atomic mass is 16.6. The lowest BCUT2D eigenvalue weighted by molar-refractivity contribution is -0.149. The van der Waals surface area contributed by atoms with Crippen LogP contribution in [0.5, 0.6) is 0 Å². The van der Waals surface area contributed by atoms with Gasteiger partial charge in [0, 0.05) is 0 Å². The summed E-state index contributed by atoms with van der Waals surface area (Å²) in [4.78, 5) is 37.6. The lowest BCUT2D eigenvalue weighted by Crippen LogP contribution is -2.46. The second-order valence-corrected chi connectivity index (χ2v) is 6.53. The van der Waals surface area contributed by atoms with Gasteiger partial charge in [0.1, 0.15) is 23.5 Å². The van der Waals surface area contributed by atoms with Gasteiger partial charge < -0.3 is 19.0 Å². The zero-order valence-corrected chi connectivity index (χ0v) is 14.0. The van der Waals surface area contributed by atoms with Crippen LogP contribution in [0.4, 0.5) is 4.79 Å². The van der Waals surface area contributed by atoms with E-state index in [1.54, 1.807) is 26.8 Å². The number of furan rings is 1. The number of rotatable bonds is 3. The second-order valence-electron chi connectivity index (χ2n) is 6.53. The molecule has 2 amide bonds. The number of hydrogen-bond donors (Lipinski definition) is 1. The van der Waals surface area contributed by atoms with Crippen LogP contribution in [0.15, 0.2) is 22.8 Å². The molecule has 3 atom stereocenters. The average Bonchev–Trinajstić information content (AvgIpc) is 3.11. The summed E-state index contributed by atoms with van der Waals surface area (Å²) < 4.78 is 15.0. The zero-order valence-electron chi connectivity index (χ0n) is 14.0. The number of hydrogen-bond acceptors (Lipinski definition) is 7. The summed E-state index contributed by atoms with van der Waals surface area (Å²) >= 11 is 0. The van der Waals surface area contributed by atoms with E-state index < -0.39 is 41.6 Å². The molecule has 1 fully saturated rings. The van der Waals surface area contributed by atoms with Gasteiger partial charge in [0.05, 0.1) is 19.3 Å². The van der Waals surface area contributed by atoms with E-state index in [4.69, 9.17) is 9.15 Å². The number of amides is 2. The number of carbonyl (C=O) groups is 3. The predicted octanol–water partition coefficient (Wildman–Crippen LogP) is 1.64. The van der Waals surface area contributed by atoms with Crippen LogP contribution in [0.25, 0.3) is 0 Å². The van der Waals surface area contributed by atoms with Crippen LogP contribution in [-0.4, -0.2) is 46.7 Å². The van der Waals surface area contributed by atoms with E-state index in [1.807, 2.05) is 0 Å². The van der Waals surface area contributed by atoms with Crippen molar-refractivity contribution in [3.8, 4) is 0 Å². The number of imide groups is 1. The predicted molar refractivity (Wildman–Crippen MR) is 80.7 cm³/mol. The van der Waals surface area contributed by atoms with E-state index in [0.29, 0.717) is 4.90 Å². The first-order valence-corrected chi connectivity index (χ1v) is 7.51. The normalized spacial score (nSPS) is 22.4. The molecule has 0 aliphatic carbocycles. The summed E-state index contributed by atoms with van der Waals surface area (Å²) in [6, 6.07) is 1.94. The maximum Gasteiger partial charge on any atom is 0.417 e. The maximum absolute atomic E-state index is 12.6. The molecule has 132 valence electrons. The Morgan fingerprint density at radius 1 is 1.42 bits per heavy atom. The minimum absolute atomic E-state index is 0.0768. The molecule has 2 heterocycles. The van der Waals surface area contributed by atoms with E-state index in [2.05, 4.69) is 4.74 Å². The van der Waals surface area contributed by atoms with E-state index in [1.165, 1.54) is 12.3 Å². The molecule has 1 saturated heterocycles. The van der Waals surface area contributed by atoms with Gasteiger partial charge >= 0.3 is 12.1 Å². The standard InChI is InChI=1S/C16H21NO7/c1-16(2,3)24-15(21)17-10(14(20)22-4)8-9(13(17)19)12(18)11-6-5-7-23-11/h5-7,9-10,12,18H,8H2,1-4H3/t9?,10-,12-/m0/s1. The van der Waals surface area contributed by atoms with Crippen LogP contribution in [-0.2, 0) is 19.1 Å². The topological polar surface area (TPSA) is 106 Å². The Kier molecular flexibility index (Phi) is 4.98. The van der Waals surface area contributed by atoms with Gasteiger partial charge in [-0.2, -0.15) is 0 Å². The van der Waals surface area contributed by atoms with Gasteiger partial charge in [-0.25, -0.2) is 14.5 Å². The van der Waals surface area contributed by atoms with E-state index in [9.17, 15) is 19.5 Å². The van der Waals surface area contributed by atoms with Crippen LogP contribution < -0.4 is 0 Å². The Labute approximate surface area is 139 Å². The molecule has 1 aliphatic rings. The van der Waals surface area contributed by atoms with Crippen LogP contribution in [0.1, 0.15) is 39.1 Å². The summed E-state index contributed by atoms with van der Waals surface area (Å²) in [6.07, 6.45) is -0.933. The first-order chi connectivity index (χ1) is 11.2. The summed E-state index contributed by atoms with van der Waals surface area (Å²) in [6.45, 7) is 4.94. The molecule has 8 nitrogen and oxygen atoms in total. The van der Waals surface area contributed by atoms with Crippen molar-refractivity contribution < 1.29 is 33.4 Å². The lowest BCUT2D eigenvalue weighted by Gasteiger charge is -2.26. The smallest absolute Gasteiger partial charge is 0.417 e. The molecule has 1 aromatic heterocycles. The highest BCUT2D eigenvalue weighted by Crippen LogP contribution is 2.36. The molecular weight excluding hydrogens is 318 g/mol. The molecular formula is C16H21NO7. The number of ether oxygens (including phenoxy) is 2. The molecule has 1 aromatic rings. The second kappa shape index (κ2) is 6.64. The number of likely N-dealkylation sites (tertiary alicyclic amines) is 1. The number of aliphatic hydroxyl groups is 1. The van der Waals surface area contributed by atoms with Gasteiger partial charge in [0.25, 0.3) is 0 Å². The highest BCUT2D eigenvalue weighted by Gasteiger charge is 2.51. The molecule has 8 heteroatoms. The summed E-state index contributed by atoms with van der Waals surface area (Å²) in [5, 5.41) is 10.3. The van der Waals surface area contributed by atoms with Gasteiger partial charge in [-0.1, -0.05) is 0 Å². The first-order valence-electron chi connectivity index (χ1n) is 7.51. The number of esters is 1. The SMILES string of the molecule is COC(=O)[C@@H]1CC([C@H](O)c2ccco2)C(=O)N1C(=O)OC(C)(C)C. The molecule has 2 rings (SSSR count). The van der Waals surface area contributed by atoms with Gasteiger partial charge in [0.15, 0.2) is 0 Å². The third kappa shape index (κ3) is 3.59. The minimum atomic E-state index is -1.27. The average molecular weight is 339 g/mol. The Bertz CT molecular complexity index is 617. The first kappa shape index (κ1) is 18.0. The van der Waals surface area contributed by atoms with Crippen molar-refractivity contribution in [1.29, 1.82) is 0 Å². The van der Waals surface area contributed by atoms with Crippen molar-refractivity contribution >= 4 is 18.0 Å². The van der Waals surface area contributed by atoms with Crippen molar-refractivity contribution in [3.05, 3.63) is 24.2 Å². The lowest BCUT2D eigenvalue weighted by atomic mass is 9.97. The molecule has 0 saturated carbocycles. The number of carbonyl (C=O) groups excluding carboxylic acids is 3. The van der Waals surface area contributed by atoms with Gasteiger partial charge in [0.2, 0.25) is 5.91 Å². The molecule has 0 radical (unpaired) electrons.